The number of aryl methyl sites for hydroxylation is 1. The van der Waals surface area contributed by atoms with Crippen LogP contribution in [0.2, 0.25) is 5.02 Å². The van der Waals surface area contributed by atoms with Crippen molar-refractivity contribution >= 4 is 29.8 Å². The van der Waals surface area contributed by atoms with Gasteiger partial charge < -0.3 is 5.73 Å². The Morgan fingerprint density at radius 3 is 2.67 bits per heavy atom. The molecular formula is C7H9Cl2N3. The maximum absolute atomic E-state index is 7.15. The van der Waals surface area contributed by atoms with Gasteiger partial charge in [0.2, 0.25) is 0 Å². The molecule has 1 heterocycles. The monoisotopic (exact) mass is 205 g/mol. The molecule has 0 unspecified atom stereocenters. The van der Waals surface area contributed by atoms with Crippen molar-refractivity contribution in [1.29, 1.82) is 5.41 Å². The van der Waals surface area contributed by atoms with Crippen LogP contribution >= 0.6 is 24.0 Å². The van der Waals surface area contributed by atoms with Gasteiger partial charge in [-0.25, -0.2) is 0 Å². The third-order valence-electron chi connectivity index (χ3n) is 1.34. The molecule has 0 aliphatic rings. The fraction of sp³-hybridized carbons (Fsp3) is 0.143. The van der Waals surface area contributed by atoms with Crippen molar-refractivity contribution in [2.45, 2.75) is 6.92 Å². The first kappa shape index (κ1) is 11.2. The molecule has 66 valence electrons. The highest BCUT2D eigenvalue weighted by atomic mass is 35.5. The summed E-state index contributed by atoms with van der Waals surface area (Å²) in [6.45, 7) is 1.78. The number of halogens is 2. The van der Waals surface area contributed by atoms with Crippen molar-refractivity contribution in [3.63, 3.8) is 0 Å². The van der Waals surface area contributed by atoms with E-state index in [0.29, 0.717) is 10.6 Å². The second-order valence-corrected chi connectivity index (χ2v) is 2.64. The molecule has 5 heteroatoms. The van der Waals surface area contributed by atoms with Crippen LogP contribution in [-0.4, -0.2) is 10.8 Å². The second kappa shape index (κ2) is 4.28. The lowest BCUT2D eigenvalue weighted by molar-refractivity contribution is 1.18. The minimum Gasteiger partial charge on any atom is -0.384 e. The van der Waals surface area contributed by atoms with E-state index in [1.807, 2.05) is 0 Å². The molecule has 12 heavy (non-hydrogen) atoms. The van der Waals surface area contributed by atoms with Gasteiger partial charge in [-0.2, -0.15) is 0 Å². The summed E-state index contributed by atoms with van der Waals surface area (Å²) in [4.78, 5) is 3.95. The van der Waals surface area contributed by atoms with Gasteiger partial charge in [-0.3, -0.25) is 10.4 Å². The van der Waals surface area contributed by atoms with Crippen molar-refractivity contribution in [3.8, 4) is 0 Å². The number of hydrogen-bond donors (Lipinski definition) is 2. The van der Waals surface area contributed by atoms with Gasteiger partial charge in [-0.15, -0.1) is 12.4 Å². The number of nitrogen functional groups attached to an aromatic ring is 1. The molecule has 3 nitrogen and oxygen atoms in total. The third-order valence-corrected chi connectivity index (χ3v) is 1.55. The van der Waals surface area contributed by atoms with Gasteiger partial charge >= 0.3 is 0 Å². The Balaban J connectivity index is 0.00000121. The van der Waals surface area contributed by atoms with Gasteiger partial charge in [-0.05, 0) is 13.0 Å². The quantitative estimate of drug-likeness (QED) is 0.543. The average molecular weight is 206 g/mol. The van der Waals surface area contributed by atoms with Gasteiger partial charge in [-0.1, -0.05) is 11.6 Å². The Morgan fingerprint density at radius 2 is 2.25 bits per heavy atom. The Hall–Kier alpha value is -0.800. The fourth-order valence-corrected chi connectivity index (χ4v) is 0.938. The van der Waals surface area contributed by atoms with Crippen LogP contribution in [-0.2, 0) is 0 Å². The van der Waals surface area contributed by atoms with E-state index in [1.54, 1.807) is 13.0 Å². The number of aromatic nitrogens is 1. The highest BCUT2D eigenvalue weighted by Gasteiger charge is 2.02. The summed E-state index contributed by atoms with van der Waals surface area (Å²) in [5.41, 5.74) is 6.59. The molecular weight excluding hydrogens is 197 g/mol. The summed E-state index contributed by atoms with van der Waals surface area (Å²) in [5.74, 6) is -0.00231. The standard InChI is InChI=1S/C7H8ClN3.ClH/c1-4-6(7(9)10)2-5(8)3-11-4;/h2-3H,1H3,(H3,9,10);1H. The van der Waals surface area contributed by atoms with Crippen molar-refractivity contribution in [3.05, 3.63) is 28.5 Å². The van der Waals surface area contributed by atoms with E-state index in [0.717, 1.165) is 5.69 Å². The molecule has 0 atom stereocenters. The number of hydrogen-bond acceptors (Lipinski definition) is 2. The van der Waals surface area contributed by atoms with Crippen molar-refractivity contribution in [2.24, 2.45) is 5.73 Å². The topological polar surface area (TPSA) is 62.8 Å². The normalized spacial score (nSPS) is 8.83. The van der Waals surface area contributed by atoms with Crippen LogP contribution in [0.3, 0.4) is 0 Å². The maximum Gasteiger partial charge on any atom is 0.124 e. The smallest absolute Gasteiger partial charge is 0.124 e. The van der Waals surface area contributed by atoms with Gasteiger partial charge in [0.05, 0.1) is 5.02 Å². The Morgan fingerprint density at radius 1 is 1.67 bits per heavy atom. The fourth-order valence-electron chi connectivity index (χ4n) is 0.780. The van der Waals surface area contributed by atoms with Crippen LogP contribution in [0.4, 0.5) is 0 Å². The molecule has 0 aliphatic carbocycles. The third kappa shape index (κ3) is 2.36. The number of nitrogens with zero attached hydrogens (tertiary/aromatic N) is 1. The summed E-state index contributed by atoms with van der Waals surface area (Å²) >= 11 is 5.65. The van der Waals surface area contributed by atoms with Gasteiger partial charge in [0.25, 0.3) is 0 Å². The first-order valence-electron chi connectivity index (χ1n) is 3.08. The molecule has 0 saturated carbocycles. The van der Waals surface area contributed by atoms with Crippen LogP contribution in [0, 0.1) is 12.3 Å². The van der Waals surface area contributed by atoms with Crippen LogP contribution in [0.1, 0.15) is 11.3 Å². The summed E-state index contributed by atoms with van der Waals surface area (Å²) < 4.78 is 0. The molecule has 3 N–H and O–H groups in total. The zero-order chi connectivity index (χ0) is 8.43. The highest BCUT2D eigenvalue weighted by molar-refractivity contribution is 6.30. The van der Waals surface area contributed by atoms with Crippen LogP contribution in [0.25, 0.3) is 0 Å². The zero-order valence-corrected chi connectivity index (χ0v) is 8.04. The summed E-state index contributed by atoms with van der Waals surface area (Å²) in [7, 11) is 0. The van der Waals surface area contributed by atoms with E-state index in [2.05, 4.69) is 4.98 Å². The number of amidine groups is 1. The molecule has 0 radical (unpaired) electrons. The first-order valence-corrected chi connectivity index (χ1v) is 3.45. The van der Waals surface area contributed by atoms with Crippen LogP contribution < -0.4 is 5.73 Å². The molecule has 0 aliphatic heterocycles. The maximum atomic E-state index is 7.15. The van der Waals surface area contributed by atoms with E-state index < -0.39 is 0 Å². The second-order valence-electron chi connectivity index (χ2n) is 2.20. The van der Waals surface area contributed by atoms with Crippen molar-refractivity contribution in [1.82, 2.24) is 4.98 Å². The molecule has 0 fully saturated rings. The SMILES string of the molecule is Cc1ncc(Cl)cc1C(=N)N.Cl. The number of nitrogens with one attached hydrogen (secondary N) is 1. The molecule has 0 amide bonds. The van der Waals surface area contributed by atoms with E-state index in [4.69, 9.17) is 22.7 Å². The van der Waals surface area contributed by atoms with Gasteiger partial charge in [0, 0.05) is 17.5 Å². The Labute approximate surface area is 81.9 Å². The minimum absolute atomic E-state index is 0. The summed E-state index contributed by atoms with van der Waals surface area (Å²) in [5, 5.41) is 7.65. The lowest BCUT2D eigenvalue weighted by atomic mass is 10.2. The summed E-state index contributed by atoms with van der Waals surface area (Å²) in [6, 6.07) is 1.63. The predicted molar refractivity (Wildman–Crippen MR) is 52.2 cm³/mol. The van der Waals surface area contributed by atoms with Crippen LogP contribution in [0.5, 0.6) is 0 Å². The zero-order valence-electron chi connectivity index (χ0n) is 6.47. The molecule has 0 saturated heterocycles. The lowest BCUT2D eigenvalue weighted by Crippen LogP contribution is -2.13. The van der Waals surface area contributed by atoms with E-state index >= 15 is 0 Å². The van der Waals surface area contributed by atoms with Crippen molar-refractivity contribution in [2.75, 3.05) is 0 Å². The molecule has 0 aromatic carbocycles. The predicted octanol–water partition coefficient (Wildman–Crippen LogP) is 1.75. The lowest BCUT2D eigenvalue weighted by Gasteiger charge is -2.01. The van der Waals surface area contributed by atoms with E-state index in [9.17, 15) is 0 Å². The molecule has 1 aromatic rings. The largest absolute Gasteiger partial charge is 0.384 e. The molecule has 0 spiro atoms. The molecule has 1 rings (SSSR count). The van der Waals surface area contributed by atoms with Gasteiger partial charge in [0.15, 0.2) is 0 Å². The number of nitrogens with two attached hydrogens (primary N) is 1. The van der Waals surface area contributed by atoms with Crippen molar-refractivity contribution < 1.29 is 0 Å². The van der Waals surface area contributed by atoms with E-state index in [1.165, 1.54) is 6.20 Å². The highest BCUT2D eigenvalue weighted by Crippen LogP contribution is 2.11. The molecule has 0 bridgehead atoms. The number of rotatable bonds is 1. The van der Waals surface area contributed by atoms with Crippen LogP contribution in [0.15, 0.2) is 12.3 Å². The Bertz CT molecular complexity index is 299. The average Bonchev–Trinajstić information content (AvgIpc) is 1.94. The first-order chi connectivity index (χ1) is 5.11. The van der Waals surface area contributed by atoms with E-state index in [-0.39, 0.29) is 18.2 Å². The summed E-state index contributed by atoms with van der Waals surface area (Å²) in [6.07, 6.45) is 1.53. The number of pyridine rings is 1. The van der Waals surface area contributed by atoms with Gasteiger partial charge in [0.1, 0.15) is 5.84 Å². The molecule has 1 aromatic heterocycles. The Kier molecular flexibility index (Phi) is 4.00. The minimum atomic E-state index is -0.00231.